The van der Waals surface area contributed by atoms with Gasteiger partial charge in [0.25, 0.3) is 10.0 Å². The van der Waals surface area contributed by atoms with Crippen molar-refractivity contribution in [2.45, 2.75) is 44.4 Å². The summed E-state index contributed by atoms with van der Waals surface area (Å²) >= 11 is 6.26. The van der Waals surface area contributed by atoms with Crippen LogP contribution in [0.4, 0.5) is 5.69 Å². The molecule has 1 aliphatic heterocycles. The van der Waals surface area contributed by atoms with E-state index < -0.39 is 10.0 Å². The Morgan fingerprint density at radius 2 is 1.62 bits per heavy atom. The molecule has 0 bridgehead atoms. The second kappa shape index (κ2) is 9.18. The van der Waals surface area contributed by atoms with Gasteiger partial charge in [-0.05, 0) is 56.5 Å². The van der Waals surface area contributed by atoms with Crippen LogP contribution in [0, 0.1) is 13.8 Å². The van der Waals surface area contributed by atoms with Gasteiger partial charge in [0.05, 0.1) is 10.6 Å². The van der Waals surface area contributed by atoms with Crippen LogP contribution in [0.25, 0.3) is 0 Å². The Morgan fingerprint density at radius 1 is 1.00 bits per heavy atom. The quantitative estimate of drug-likeness (QED) is 0.693. The Morgan fingerprint density at radius 3 is 2.24 bits per heavy atom. The van der Waals surface area contributed by atoms with E-state index in [0.29, 0.717) is 29.4 Å². The van der Waals surface area contributed by atoms with Crippen LogP contribution in [0.2, 0.25) is 5.02 Å². The zero-order chi connectivity index (χ0) is 21.0. The normalized spacial score (nSPS) is 15.1. The lowest BCUT2D eigenvalue weighted by Gasteiger charge is -2.29. The van der Waals surface area contributed by atoms with Crippen LogP contribution in [0.5, 0.6) is 0 Å². The molecule has 0 aromatic heterocycles. The highest BCUT2D eigenvalue weighted by Crippen LogP contribution is 2.31. The fourth-order valence-corrected chi connectivity index (χ4v) is 5.19. The number of carbonyl (C=O) groups excluding carboxylic acids is 1. The van der Waals surface area contributed by atoms with Gasteiger partial charge in [0.2, 0.25) is 5.91 Å². The molecule has 29 heavy (non-hydrogen) atoms. The van der Waals surface area contributed by atoms with E-state index in [2.05, 4.69) is 0 Å². The highest BCUT2D eigenvalue weighted by atomic mass is 35.5. The van der Waals surface area contributed by atoms with Crippen molar-refractivity contribution in [3.63, 3.8) is 0 Å². The van der Waals surface area contributed by atoms with Crippen LogP contribution >= 0.6 is 11.6 Å². The first-order valence-corrected chi connectivity index (χ1v) is 11.7. The molecule has 0 radical (unpaired) electrons. The lowest BCUT2D eigenvalue weighted by molar-refractivity contribution is -0.129. The molecule has 5 nitrogen and oxygen atoms in total. The average molecular weight is 435 g/mol. The Kier molecular flexibility index (Phi) is 6.85. The summed E-state index contributed by atoms with van der Waals surface area (Å²) in [6.45, 7) is 4.78. The van der Waals surface area contributed by atoms with Crippen LogP contribution in [0.3, 0.4) is 0 Å². The van der Waals surface area contributed by atoms with Gasteiger partial charge in [0, 0.05) is 18.1 Å². The molecule has 0 spiro atoms. The Bertz CT molecular complexity index is 966. The summed E-state index contributed by atoms with van der Waals surface area (Å²) in [5, 5.41) is 0.467. The molecule has 1 fully saturated rings. The van der Waals surface area contributed by atoms with E-state index in [4.69, 9.17) is 11.6 Å². The molecule has 1 aliphatic rings. The smallest absolute Gasteiger partial charge is 0.264 e. The molecule has 7 heteroatoms. The molecule has 1 amide bonds. The van der Waals surface area contributed by atoms with Gasteiger partial charge in [-0.3, -0.25) is 9.10 Å². The first-order chi connectivity index (χ1) is 13.8. The lowest BCUT2D eigenvalue weighted by Crippen LogP contribution is -2.43. The third kappa shape index (κ3) is 4.93. The molecule has 3 rings (SSSR count). The number of hydrogen-bond acceptors (Lipinski definition) is 3. The van der Waals surface area contributed by atoms with Gasteiger partial charge in [0.15, 0.2) is 0 Å². The lowest BCUT2D eigenvalue weighted by atomic mass is 10.2. The van der Waals surface area contributed by atoms with Crippen molar-refractivity contribution in [2.24, 2.45) is 0 Å². The van der Waals surface area contributed by atoms with Gasteiger partial charge < -0.3 is 4.90 Å². The zero-order valence-corrected chi connectivity index (χ0v) is 18.5. The molecular weight excluding hydrogens is 408 g/mol. The fourth-order valence-electron chi connectivity index (χ4n) is 3.55. The first kappa shape index (κ1) is 21.7. The van der Waals surface area contributed by atoms with E-state index >= 15 is 0 Å². The number of rotatable bonds is 5. The maximum atomic E-state index is 13.5. The fraction of sp³-hybridized carbons (Fsp3) is 0.409. The number of amides is 1. The molecule has 0 N–H and O–H groups in total. The number of carbonyl (C=O) groups is 1. The van der Waals surface area contributed by atoms with Crippen molar-refractivity contribution >= 4 is 33.2 Å². The summed E-state index contributed by atoms with van der Waals surface area (Å²) in [6.07, 6.45) is 4.10. The number of nitrogens with zero attached hydrogens (tertiary/aromatic N) is 2. The monoisotopic (exact) mass is 434 g/mol. The van der Waals surface area contributed by atoms with E-state index in [1.165, 1.54) is 4.31 Å². The second-order valence-electron chi connectivity index (χ2n) is 7.50. The summed E-state index contributed by atoms with van der Waals surface area (Å²) in [6, 6.07) is 11.8. The van der Waals surface area contributed by atoms with Crippen molar-refractivity contribution in [3.05, 3.63) is 58.6 Å². The molecule has 0 aliphatic carbocycles. The van der Waals surface area contributed by atoms with Gasteiger partial charge in [-0.25, -0.2) is 8.42 Å². The number of halogens is 1. The van der Waals surface area contributed by atoms with Gasteiger partial charge in [-0.15, -0.1) is 0 Å². The minimum atomic E-state index is -3.93. The second-order valence-corrected chi connectivity index (χ2v) is 9.77. The summed E-state index contributed by atoms with van der Waals surface area (Å²) in [7, 11) is -3.93. The third-order valence-corrected chi connectivity index (χ3v) is 7.54. The van der Waals surface area contributed by atoms with Crippen LogP contribution in [0.15, 0.2) is 47.4 Å². The van der Waals surface area contributed by atoms with Crippen molar-refractivity contribution in [2.75, 3.05) is 23.9 Å². The van der Waals surface area contributed by atoms with Crippen LogP contribution in [-0.4, -0.2) is 38.9 Å². The highest BCUT2D eigenvalue weighted by Gasteiger charge is 2.30. The molecule has 156 valence electrons. The summed E-state index contributed by atoms with van der Waals surface area (Å²) in [4.78, 5) is 15.0. The molecular formula is C22H27ClN2O3S. The molecule has 1 heterocycles. The van der Waals surface area contributed by atoms with Crippen LogP contribution in [0.1, 0.15) is 36.8 Å². The number of likely N-dealkylation sites (tertiary alicyclic amines) is 1. The Labute approximate surface area is 178 Å². The Balaban J connectivity index is 2.00. The Hall–Kier alpha value is -2.05. The highest BCUT2D eigenvalue weighted by molar-refractivity contribution is 7.92. The van der Waals surface area contributed by atoms with E-state index in [-0.39, 0.29) is 17.3 Å². The van der Waals surface area contributed by atoms with Crippen LogP contribution in [-0.2, 0) is 14.8 Å². The predicted molar refractivity (Wildman–Crippen MR) is 117 cm³/mol. The number of aryl methyl sites for hydroxylation is 1. The van der Waals surface area contributed by atoms with Crippen molar-refractivity contribution in [1.82, 2.24) is 4.90 Å². The van der Waals surface area contributed by atoms with Crippen LogP contribution < -0.4 is 4.31 Å². The third-order valence-electron chi connectivity index (χ3n) is 5.35. The first-order valence-electron chi connectivity index (χ1n) is 9.93. The number of hydrogen-bond donors (Lipinski definition) is 0. The maximum Gasteiger partial charge on any atom is 0.264 e. The average Bonchev–Trinajstić information content (AvgIpc) is 2.98. The van der Waals surface area contributed by atoms with Crippen molar-refractivity contribution < 1.29 is 13.2 Å². The van der Waals surface area contributed by atoms with Gasteiger partial charge >= 0.3 is 0 Å². The van der Waals surface area contributed by atoms with Crippen molar-refractivity contribution in [3.8, 4) is 0 Å². The molecule has 2 aromatic rings. The zero-order valence-electron chi connectivity index (χ0n) is 16.9. The minimum Gasteiger partial charge on any atom is -0.341 e. The summed E-state index contributed by atoms with van der Waals surface area (Å²) < 4.78 is 28.2. The molecule has 0 atom stereocenters. The summed E-state index contributed by atoms with van der Waals surface area (Å²) in [5.41, 5.74) is 2.03. The molecule has 0 unspecified atom stereocenters. The van der Waals surface area contributed by atoms with Gasteiger partial charge in [0.1, 0.15) is 6.54 Å². The van der Waals surface area contributed by atoms with Gasteiger partial charge in [-0.1, -0.05) is 48.2 Å². The standard InChI is InChI=1S/C22H27ClN2O3S/c1-17-10-12-19(13-11-17)29(27,28)25(21-9-7-8-20(23)18(21)2)16-22(26)24-14-5-3-4-6-15-24/h7-13H,3-6,14-16H2,1-2H3. The maximum absolute atomic E-state index is 13.5. The van der Waals surface area contributed by atoms with E-state index in [1.807, 2.05) is 6.92 Å². The number of sulfonamides is 1. The van der Waals surface area contributed by atoms with Crippen molar-refractivity contribution in [1.29, 1.82) is 0 Å². The minimum absolute atomic E-state index is 0.158. The largest absolute Gasteiger partial charge is 0.341 e. The number of benzene rings is 2. The van der Waals surface area contributed by atoms with E-state index in [0.717, 1.165) is 31.2 Å². The number of anilines is 1. The topological polar surface area (TPSA) is 57.7 Å². The SMILES string of the molecule is Cc1ccc(S(=O)(=O)N(CC(=O)N2CCCCCC2)c2cccc(Cl)c2C)cc1. The molecule has 1 saturated heterocycles. The predicted octanol–water partition coefficient (Wildman–Crippen LogP) is 4.55. The van der Waals surface area contributed by atoms with E-state index in [9.17, 15) is 13.2 Å². The van der Waals surface area contributed by atoms with E-state index in [1.54, 1.807) is 54.3 Å². The molecule has 2 aromatic carbocycles. The molecule has 0 saturated carbocycles. The van der Waals surface area contributed by atoms with Gasteiger partial charge in [-0.2, -0.15) is 0 Å². The summed E-state index contributed by atoms with van der Waals surface area (Å²) in [5.74, 6) is -0.179.